The lowest BCUT2D eigenvalue weighted by atomic mass is 10.2. The van der Waals surface area contributed by atoms with Gasteiger partial charge in [0.15, 0.2) is 0 Å². The van der Waals surface area contributed by atoms with Crippen LogP contribution >= 0.6 is 11.6 Å². The zero-order chi connectivity index (χ0) is 8.77. The molecule has 0 radical (unpaired) electrons. The summed E-state index contributed by atoms with van der Waals surface area (Å²) < 4.78 is 0. The number of hydrogen-bond acceptors (Lipinski definition) is 4. The van der Waals surface area contributed by atoms with E-state index < -0.39 is 0 Å². The van der Waals surface area contributed by atoms with E-state index in [-0.39, 0.29) is 5.54 Å². The first-order valence-electron chi connectivity index (χ1n) is 3.69. The summed E-state index contributed by atoms with van der Waals surface area (Å²) in [4.78, 5) is 7.95. The molecule has 1 aromatic rings. The molecule has 4 nitrogen and oxygen atoms in total. The Bertz CT molecular complexity index is 321. The van der Waals surface area contributed by atoms with Crippen LogP contribution in [0.4, 0.5) is 5.82 Å². The third kappa shape index (κ3) is 1.13. The van der Waals surface area contributed by atoms with Crippen molar-refractivity contribution in [2.75, 3.05) is 5.73 Å². The van der Waals surface area contributed by atoms with Crippen LogP contribution in [0.3, 0.4) is 0 Å². The van der Waals surface area contributed by atoms with Crippen molar-refractivity contribution in [3.8, 4) is 0 Å². The van der Waals surface area contributed by atoms with E-state index in [1.54, 1.807) is 0 Å². The van der Waals surface area contributed by atoms with E-state index in [1.165, 1.54) is 6.20 Å². The van der Waals surface area contributed by atoms with Crippen LogP contribution in [0.15, 0.2) is 6.20 Å². The van der Waals surface area contributed by atoms with Crippen LogP contribution in [0.2, 0.25) is 5.15 Å². The van der Waals surface area contributed by atoms with Gasteiger partial charge in [-0.05, 0) is 12.8 Å². The number of nitrogen functional groups attached to an aromatic ring is 1. The number of hydrogen-bond donors (Lipinski definition) is 2. The average Bonchev–Trinajstić information content (AvgIpc) is 2.68. The van der Waals surface area contributed by atoms with Crippen molar-refractivity contribution in [1.29, 1.82) is 0 Å². The van der Waals surface area contributed by atoms with Gasteiger partial charge in [0, 0.05) is 0 Å². The molecule has 0 amide bonds. The second-order valence-electron chi connectivity index (χ2n) is 3.08. The molecule has 0 aromatic carbocycles. The van der Waals surface area contributed by atoms with Gasteiger partial charge in [0.05, 0.1) is 11.7 Å². The van der Waals surface area contributed by atoms with Crippen LogP contribution < -0.4 is 11.5 Å². The molecule has 12 heavy (non-hydrogen) atoms. The molecule has 0 saturated heterocycles. The number of nitrogens with two attached hydrogens (primary N) is 2. The molecule has 0 bridgehead atoms. The zero-order valence-corrected chi connectivity index (χ0v) is 7.17. The molecule has 1 aromatic heterocycles. The van der Waals surface area contributed by atoms with E-state index in [0.29, 0.717) is 16.7 Å². The number of anilines is 1. The Morgan fingerprint density at radius 3 is 2.67 bits per heavy atom. The summed E-state index contributed by atoms with van der Waals surface area (Å²) in [6.45, 7) is 0. The van der Waals surface area contributed by atoms with Crippen molar-refractivity contribution in [1.82, 2.24) is 9.97 Å². The second-order valence-corrected chi connectivity index (χ2v) is 3.47. The third-order valence-corrected chi connectivity index (χ3v) is 2.21. The van der Waals surface area contributed by atoms with E-state index in [0.717, 1.165) is 12.8 Å². The summed E-state index contributed by atoms with van der Waals surface area (Å²) in [5.41, 5.74) is 11.8. The number of nitrogens with zero attached hydrogens (tertiary/aromatic N) is 2. The minimum Gasteiger partial charge on any atom is -0.382 e. The highest BCUT2D eigenvalue weighted by atomic mass is 35.5. The molecule has 1 fully saturated rings. The maximum Gasteiger partial charge on any atom is 0.149 e. The fourth-order valence-electron chi connectivity index (χ4n) is 1.14. The van der Waals surface area contributed by atoms with Gasteiger partial charge in [0.25, 0.3) is 0 Å². The minimum absolute atomic E-state index is 0.306. The third-order valence-electron chi connectivity index (χ3n) is 2.03. The molecule has 0 aliphatic heterocycles. The summed E-state index contributed by atoms with van der Waals surface area (Å²) in [7, 11) is 0. The Labute approximate surface area is 74.9 Å². The van der Waals surface area contributed by atoms with Crippen LogP contribution in [0.5, 0.6) is 0 Å². The first-order chi connectivity index (χ1) is 5.62. The molecule has 2 rings (SSSR count). The molecule has 4 N–H and O–H groups in total. The molecule has 0 spiro atoms. The van der Waals surface area contributed by atoms with Crippen molar-refractivity contribution < 1.29 is 0 Å². The molecular formula is C7H9ClN4. The summed E-state index contributed by atoms with van der Waals surface area (Å²) in [6.07, 6.45) is 3.32. The van der Waals surface area contributed by atoms with E-state index >= 15 is 0 Å². The standard InChI is InChI=1S/C7H9ClN4/c8-4-3-11-5(6(9)12-4)7(10)1-2-7/h3H,1-2,10H2,(H2,9,12). The SMILES string of the molecule is Nc1nc(Cl)cnc1C1(N)CC1. The highest BCUT2D eigenvalue weighted by Gasteiger charge is 2.43. The second kappa shape index (κ2) is 2.31. The summed E-state index contributed by atoms with van der Waals surface area (Å²) >= 11 is 5.59. The van der Waals surface area contributed by atoms with Gasteiger partial charge in [-0.25, -0.2) is 4.98 Å². The summed E-state index contributed by atoms with van der Waals surface area (Å²) in [5, 5.41) is 0.306. The topological polar surface area (TPSA) is 77.8 Å². The van der Waals surface area contributed by atoms with E-state index in [4.69, 9.17) is 23.1 Å². The Morgan fingerprint density at radius 1 is 1.50 bits per heavy atom. The first kappa shape index (κ1) is 7.76. The lowest BCUT2D eigenvalue weighted by molar-refractivity contribution is 0.706. The van der Waals surface area contributed by atoms with E-state index in [2.05, 4.69) is 9.97 Å². The van der Waals surface area contributed by atoms with Crippen molar-refractivity contribution in [3.05, 3.63) is 17.0 Å². The highest BCUT2D eigenvalue weighted by Crippen LogP contribution is 2.43. The van der Waals surface area contributed by atoms with Crippen molar-refractivity contribution in [3.63, 3.8) is 0 Å². The fourth-order valence-corrected chi connectivity index (χ4v) is 1.28. The molecule has 1 aliphatic carbocycles. The Balaban J connectivity index is 2.45. The quantitative estimate of drug-likeness (QED) is 0.672. The lowest BCUT2D eigenvalue weighted by Crippen LogP contribution is -2.22. The Hall–Kier alpha value is -0.870. The molecule has 0 unspecified atom stereocenters. The monoisotopic (exact) mass is 184 g/mol. The van der Waals surface area contributed by atoms with Gasteiger partial charge in [-0.2, -0.15) is 0 Å². The van der Waals surface area contributed by atoms with Gasteiger partial charge in [-0.15, -0.1) is 0 Å². The first-order valence-corrected chi connectivity index (χ1v) is 4.07. The van der Waals surface area contributed by atoms with Gasteiger partial charge >= 0.3 is 0 Å². The predicted molar refractivity (Wildman–Crippen MR) is 46.6 cm³/mol. The van der Waals surface area contributed by atoms with Gasteiger partial charge in [0.2, 0.25) is 0 Å². The molecular weight excluding hydrogens is 176 g/mol. The summed E-state index contributed by atoms with van der Waals surface area (Å²) in [5.74, 6) is 0.350. The maximum atomic E-state index is 5.89. The largest absolute Gasteiger partial charge is 0.382 e. The normalized spacial score (nSPS) is 19.2. The molecule has 0 atom stereocenters. The van der Waals surface area contributed by atoms with Gasteiger partial charge in [-0.3, -0.25) is 4.98 Å². The number of aromatic nitrogens is 2. The predicted octanol–water partition coefficient (Wildman–Crippen LogP) is 0.660. The number of halogens is 1. The smallest absolute Gasteiger partial charge is 0.149 e. The van der Waals surface area contributed by atoms with Crippen molar-refractivity contribution in [2.24, 2.45) is 5.73 Å². The van der Waals surface area contributed by atoms with Crippen LogP contribution in [-0.4, -0.2) is 9.97 Å². The van der Waals surface area contributed by atoms with Crippen LogP contribution in [0.25, 0.3) is 0 Å². The number of rotatable bonds is 1. The molecule has 64 valence electrons. The molecule has 1 saturated carbocycles. The van der Waals surface area contributed by atoms with Crippen LogP contribution in [-0.2, 0) is 5.54 Å². The zero-order valence-electron chi connectivity index (χ0n) is 6.42. The average molecular weight is 185 g/mol. The maximum absolute atomic E-state index is 5.89. The highest BCUT2D eigenvalue weighted by molar-refractivity contribution is 6.29. The molecule has 1 heterocycles. The Morgan fingerprint density at radius 2 is 2.17 bits per heavy atom. The van der Waals surface area contributed by atoms with E-state index in [1.807, 2.05) is 0 Å². The van der Waals surface area contributed by atoms with Gasteiger partial charge in [-0.1, -0.05) is 11.6 Å². The summed E-state index contributed by atoms with van der Waals surface area (Å²) in [6, 6.07) is 0. The Kier molecular flexibility index (Phi) is 1.49. The van der Waals surface area contributed by atoms with E-state index in [9.17, 15) is 0 Å². The van der Waals surface area contributed by atoms with Gasteiger partial charge < -0.3 is 11.5 Å². The molecule has 1 aliphatic rings. The minimum atomic E-state index is -0.332. The van der Waals surface area contributed by atoms with Crippen molar-refractivity contribution in [2.45, 2.75) is 18.4 Å². The molecule has 5 heteroatoms. The van der Waals surface area contributed by atoms with Crippen molar-refractivity contribution >= 4 is 17.4 Å². The van der Waals surface area contributed by atoms with Crippen LogP contribution in [0, 0.1) is 0 Å². The van der Waals surface area contributed by atoms with Crippen LogP contribution in [0.1, 0.15) is 18.5 Å². The fraction of sp³-hybridized carbons (Fsp3) is 0.429. The lowest BCUT2D eigenvalue weighted by Gasteiger charge is -2.09. The van der Waals surface area contributed by atoms with Gasteiger partial charge in [0.1, 0.15) is 16.7 Å².